The lowest BCUT2D eigenvalue weighted by atomic mass is 10.2. The molecule has 5 rings (SSSR count). The number of aromatic nitrogens is 6. The van der Waals surface area contributed by atoms with E-state index in [1.807, 2.05) is 19.1 Å². The summed E-state index contributed by atoms with van der Waals surface area (Å²) in [5.41, 5.74) is 0.436. The summed E-state index contributed by atoms with van der Waals surface area (Å²) in [5, 5.41) is 16.2. The lowest BCUT2D eigenvalue weighted by molar-refractivity contribution is 0.390. The number of anilines is 1. The number of rotatable bonds is 9. The first-order chi connectivity index (χ1) is 19.6. The summed E-state index contributed by atoms with van der Waals surface area (Å²) >= 11 is 0. The highest BCUT2D eigenvalue weighted by Crippen LogP contribution is 2.37. The number of methoxy groups -OCH3 is 2. The van der Waals surface area contributed by atoms with Gasteiger partial charge in [0, 0.05) is 31.2 Å². The highest BCUT2D eigenvalue weighted by molar-refractivity contribution is 7.92. The fraction of sp³-hybridized carbons (Fsp3) is 0.222. The number of aryl methyl sites for hydroxylation is 3. The molecule has 0 aliphatic rings. The SMILES string of the molecule is COc1cccc(OC)c1-n1c(-c2nn(C)c3ccccc23)nc(O)c(NS(=O)(=O)CCc2ncc(C)cn2)c1=O. The van der Waals surface area contributed by atoms with E-state index in [9.17, 15) is 18.3 Å². The van der Waals surface area contributed by atoms with Crippen LogP contribution in [0.5, 0.6) is 17.4 Å². The van der Waals surface area contributed by atoms with Crippen LogP contribution < -0.4 is 19.8 Å². The van der Waals surface area contributed by atoms with Crippen LogP contribution in [0.4, 0.5) is 5.69 Å². The van der Waals surface area contributed by atoms with Gasteiger partial charge < -0.3 is 14.6 Å². The molecular weight excluding hydrogens is 550 g/mol. The maximum absolute atomic E-state index is 14.1. The van der Waals surface area contributed by atoms with Crippen LogP contribution in [0.2, 0.25) is 0 Å². The van der Waals surface area contributed by atoms with Crippen LogP contribution in [-0.2, 0) is 23.5 Å². The summed E-state index contributed by atoms with van der Waals surface area (Å²) < 4.78 is 42.1. The Bertz CT molecular complexity index is 1900. The minimum atomic E-state index is -4.15. The third kappa shape index (κ3) is 5.28. The quantitative estimate of drug-likeness (QED) is 0.266. The van der Waals surface area contributed by atoms with E-state index in [0.717, 1.165) is 15.6 Å². The monoisotopic (exact) mass is 577 g/mol. The van der Waals surface area contributed by atoms with E-state index in [2.05, 4.69) is 24.8 Å². The molecule has 212 valence electrons. The van der Waals surface area contributed by atoms with E-state index in [1.165, 1.54) is 14.2 Å². The van der Waals surface area contributed by atoms with Crippen molar-refractivity contribution in [2.45, 2.75) is 13.3 Å². The van der Waals surface area contributed by atoms with Crippen molar-refractivity contribution in [2.24, 2.45) is 7.05 Å². The molecule has 0 atom stereocenters. The predicted octanol–water partition coefficient (Wildman–Crippen LogP) is 2.59. The zero-order chi connectivity index (χ0) is 29.3. The first-order valence-electron chi connectivity index (χ1n) is 12.4. The normalized spacial score (nSPS) is 11.5. The molecule has 0 unspecified atom stereocenters. The zero-order valence-corrected chi connectivity index (χ0v) is 23.5. The van der Waals surface area contributed by atoms with Crippen molar-refractivity contribution < 1.29 is 23.0 Å². The second-order valence-corrected chi connectivity index (χ2v) is 11.0. The number of para-hydroxylation sites is 2. The summed E-state index contributed by atoms with van der Waals surface area (Å²) in [6.45, 7) is 1.82. The molecule has 0 saturated carbocycles. The van der Waals surface area contributed by atoms with Crippen LogP contribution in [0.1, 0.15) is 11.4 Å². The number of sulfonamides is 1. The maximum atomic E-state index is 14.1. The van der Waals surface area contributed by atoms with E-state index < -0.39 is 32.9 Å². The van der Waals surface area contributed by atoms with Gasteiger partial charge in [-0.3, -0.25) is 14.2 Å². The Labute approximate surface area is 235 Å². The topological polar surface area (TPSA) is 163 Å². The van der Waals surface area contributed by atoms with E-state index >= 15 is 0 Å². The molecule has 0 bridgehead atoms. The summed E-state index contributed by atoms with van der Waals surface area (Å²) in [4.78, 5) is 26.6. The van der Waals surface area contributed by atoms with Crippen LogP contribution in [-0.4, -0.2) is 62.8 Å². The van der Waals surface area contributed by atoms with Gasteiger partial charge in [0.15, 0.2) is 11.5 Å². The Hall–Kier alpha value is -4.98. The molecule has 0 fully saturated rings. The van der Waals surface area contributed by atoms with Crippen LogP contribution >= 0.6 is 0 Å². The fourth-order valence-corrected chi connectivity index (χ4v) is 5.42. The molecule has 0 spiro atoms. The average Bonchev–Trinajstić information content (AvgIpc) is 3.30. The Morgan fingerprint density at radius 3 is 2.32 bits per heavy atom. The van der Waals surface area contributed by atoms with Crippen LogP contribution in [0.3, 0.4) is 0 Å². The number of hydrogen-bond acceptors (Lipinski definition) is 10. The number of fused-ring (bicyclic) bond motifs is 1. The molecule has 2 aromatic carbocycles. The molecule has 2 N–H and O–H groups in total. The Kier molecular flexibility index (Phi) is 7.32. The molecule has 0 aliphatic carbocycles. The van der Waals surface area contributed by atoms with Gasteiger partial charge in [-0.15, -0.1) is 0 Å². The summed E-state index contributed by atoms with van der Waals surface area (Å²) in [6, 6.07) is 12.2. The van der Waals surface area contributed by atoms with Crippen molar-refractivity contribution in [3.63, 3.8) is 0 Å². The summed E-state index contributed by atoms with van der Waals surface area (Å²) in [5.74, 6) is -0.518. The van der Waals surface area contributed by atoms with Gasteiger partial charge in [-0.05, 0) is 30.7 Å². The molecule has 3 heterocycles. The van der Waals surface area contributed by atoms with Gasteiger partial charge in [-0.2, -0.15) is 10.1 Å². The molecule has 0 saturated heterocycles. The molecule has 5 aromatic rings. The molecule has 41 heavy (non-hydrogen) atoms. The van der Waals surface area contributed by atoms with E-state index in [-0.39, 0.29) is 35.1 Å². The molecule has 14 heteroatoms. The minimum Gasteiger partial charge on any atom is -0.494 e. The Morgan fingerprint density at radius 1 is 1.00 bits per heavy atom. The number of hydrogen-bond donors (Lipinski definition) is 2. The lowest BCUT2D eigenvalue weighted by Crippen LogP contribution is -2.29. The van der Waals surface area contributed by atoms with E-state index in [1.54, 1.807) is 54.5 Å². The third-order valence-corrected chi connectivity index (χ3v) is 7.60. The van der Waals surface area contributed by atoms with Gasteiger partial charge in [-0.25, -0.2) is 23.0 Å². The maximum Gasteiger partial charge on any atom is 0.287 e. The molecule has 0 radical (unpaired) electrons. The Morgan fingerprint density at radius 2 is 1.66 bits per heavy atom. The van der Waals surface area contributed by atoms with Crippen LogP contribution in [0.15, 0.2) is 59.7 Å². The third-order valence-electron chi connectivity index (χ3n) is 6.35. The number of benzene rings is 2. The lowest BCUT2D eigenvalue weighted by Gasteiger charge is -2.19. The van der Waals surface area contributed by atoms with Crippen molar-refractivity contribution in [3.05, 3.63) is 76.6 Å². The van der Waals surface area contributed by atoms with Crippen LogP contribution in [0, 0.1) is 6.92 Å². The zero-order valence-electron chi connectivity index (χ0n) is 22.7. The first-order valence-corrected chi connectivity index (χ1v) is 14.1. The number of ether oxygens (including phenoxy) is 2. The van der Waals surface area contributed by atoms with Gasteiger partial charge in [0.25, 0.3) is 5.56 Å². The van der Waals surface area contributed by atoms with Gasteiger partial charge in [0.2, 0.25) is 15.9 Å². The van der Waals surface area contributed by atoms with Gasteiger partial charge in [0.05, 0.1) is 25.5 Å². The van der Waals surface area contributed by atoms with Gasteiger partial charge in [-0.1, -0.05) is 24.3 Å². The second-order valence-electron chi connectivity index (χ2n) is 9.12. The average molecular weight is 578 g/mol. The number of nitrogens with one attached hydrogen (secondary N) is 1. The van der Waals surface area contributed by atoms with E-state index in [0.29, 0.717) is 11.2 Å². The molecule has 0 aliphatic heterocycles. The largest absolute Gasteiger partial charge is 0.494 e. The minimum absolute atomic E-state index is 0.0175. The highest BCUT2D eigenvalue weighted by atomic mass is 32.2. The van der Waals surface area contributed by atoms with Crippen molar-refractivity contribution in [1.82, 2.24) is 29.3 Å². The summed E-state index contributed by atoms with van der Waals surface area (Å²) in [6.07, 6.45) is 3.14. The fourth-order valence-electron chi connectivity index (χ4n) is 4.38. The second kappa shape index (κ2) is 10.9. The molecular formula is C27H27N7O6S. The van der Waals surface area contributed by atoms with E-state index in [4.69, 9.17) is 9.47 Å². The van der Waals surface area contributed by atoms with Crippen LogP contribution in [0.25, 0.3) is 28.1 Å². The van der Waals surface area contributed by atoms with Gasteiger partial charge >= 0.3 is 0 Å². The molecule has 3 aromatic heterocycles. The highest BCUT2D eigenvalue weighted by Gasteiger charge is 2.28. The Balaban J connectivity index is 1.70. The van der Waals surface area contributed by atoms with Gasteiger partial charge in [0.1, 0.15) is 28.7 Å². The van der Waals surface area contributed by atoms with Crippen molar-refractivity contribution in [3.8, 4) is 34.6 Å². The standard InChI is InChI=1S/C27H27N7O6S/c1-16-14-28-21(29-15-16)12-13-41(37,38)32-23-26(35)30-25(22-17-8-5-6-9-18(17)33(2)31-22)34(27(23)36)24-19(39-3)10-7-11-20(24)40-4/h5-11,14-15,32,35H,12-13H2,1-4H3. The molecule has 13 nitrogen and oxygen atoms in total. The van der Waals surface area contributed by atoms with Crippen molar-refractivity contribution in [2.75, 3.05) is 24.7 Å². The summed E-state index contributed by atoms with van der Waals surface area (Å²) in [7, 11) is 0.423. The van der Waals surface area contributed by atoms with Crippen molar-refractivity contribution in [1.29, 1.82) is 0 Å². The number of nitrogens with zero attached hydrogens (tertiary/aromatic N) is 6. The first kappa shape index (κ1) is 27.6. The number of aromatic hydroxyl groups is 1. The predicted molar refractivity (Wildman–Crippen MR) is 152 cm³/mol. The smallest absolute Gasteiger partial charge is 0.287 e. The van der Waals surface area contributed by atoms with Crippen molar-refractivity contribution >= 4 is 26.6 Å². The molecule has 0 amide bonds.